The Kier molecular flexibility index (Phi) is 5.18. The number of ether oxygens (including phenoxy) is 1. The summed E-state index contributed by atoms with van der Waals surface area (Å²) in [4.78, 5) is 16.6. The Morgan fingerprint density at radius 2 is 2.29 bits per heavy atom. The molecule has 2 aromatic rings. The zero-order valence-electron chi connectivity index (χ0n) is 12.3. The number of nitrogens with zero attached hydrogens (tertiary/aromatic N) is 2. The van der Waals surface area contributed by atoms with E-state index in [0.29, 0.717) is 24.4 Å². The molecule has 21 heavy (non-hydrogen) atoms. The highest BCUT2D eigenvalue weighted by Gasteiger charge is 2.11. The van der Waals surface area contributed by atoms with Gasteiger partial charge in [-0.05, 0) is 25.5 Å². The summed E-state index contributed by atoms with van der Waals surface area (Å²) in [6, 6.07) is 5.82. The Morgan fingerprint density at radius 1 is 1.48 bits per heavy atom. The first kappa shape index (κ1) is 15.3. The molecule has 110 valence electrons. The molecule has 0 N–H and O–H groups in total. The molecule has 0 aliphatic rings. The first-order chi connectivity index (χ1) is 10.2. The van der Waals surface area contributed by atoms with E-state index in [1.54, 1.807) is 0 Å². The summed E-state index contributed by atoms with van der Waals surface area (Å²) in [5.74, 6) is 3.27. The van der Waals surface area contributed by atoms with E-state index in [9.17, 15) is 4.79 Å². The van der Waals surface area contributed by atoms with E-state index in [2.05, 4.69) is 10.9 Å². The molecule has 5 heteroatoms. The molecule has 0 atom stereocenters. The second-order valence-electron chi connectivity index (χ2n) is 4.47. The number of carbonyl (C=O) groups excluding carboxylic acids is 1. The maximum atomic E-state index is 11.8. The highest BCUT2D eigenvalue weighted by Crippen LogP contribution is 2.27. The monoisotopic (exact) mass is 302 g/mol. The first-order valence-corrected chi connectivity index (χ1v) is 7.79. The van der Waals surface area contributed by atoms with Gasteiger partial charge in [-0.2, -0.15) is 4.99 Å². The molecule has 4 nitrogen and oxygen atoms in total. The van der Waals surface area contributed by atoms with Crippen LogP contribution in [0.15, 0.2) is 23.2 Å². The summed E-state index contributed by atoms with van der Waals surface area (Å²) in [6.45, 7) is 4.84. The van der Waals surface area contributed by atoms with E-state index in [4.69, 9.17) is 11.2 Å². The standard InChI is InChI=1S/C16H18N2O2S/c1-4-8-14(19)17-16-18(11-5-2)15-12(20-6-3)9-7-10-13(15)21-16/h2,7,9-10H,4,6,8,11H2,1,3H3. The molecule has 0 aliphatic heterocycles. The van der Waals surface area contributed by atoms with Crippen molar-refractivity contribution < 1.29 is 9.53 Å². The number of hydrogen-bond donors (Lipinski definition) is 0. The minimum absolute atomic E-state index is 0.118. The molecule has 0 fully saturated rings. The predicted octanol–water partition coefficient (Wildman–Crippen LogP) is 2.96. The van der Waals surface area contributed by atoms with Crippen molar-refractivity contribution in [2.24, 2.45) is 4.99 Å². The number of carbonyl (C=O) groups is 1. The fraction of sp³-hybridized carbons (Fsp3) is 0.375. The molecular formula is C16H18N2O2S. The average Bonchev–Trinajstić information content (AvgIpc) is 2.79. The Hall–Kier alpha value is -2.06. The van der Waals surface area contributed by atoms with Gasteiger partial charge in [-0.15, -0.1) is 6.42 Å². The normalized spacial score (nSPS) is 11.6. The van der Waals surface area contributed by atoms with Gasteiger partial charge < -0.3 is 9.30 Å². The van der Waals surface area contributed by atoms with Crippen molar-refractivity contribution in [3.05, 3.63) is 23.0 Å². The van der Waals surface area contributed by atoms with Crippen molar-refractivity contribution in [1.82, 2.24) is 4.57 Å². The number of terminal acetylenes is 1. The van der Waals surface area contributed by atoms with Crippen molar-refractivity contribution in [1.29, 1.82) is 0 Å². The quantitative estimate of drug-likeness (QED) is 0.797. The predicted molar refractivity (Wildman–Crippen MR) is 85.3 cm³/mol. The van der Waals surface area contributed by atoms with Crippen molar-refractivity contribution >= 4 is 27.5 Å². The lowest BCUT2D eigenvalue weighted by molar-refractivity contribution is -0.118. The smallest absolute Gasteiger partial charge is 0.248 e. The molecular weight excluding hydrogens is 284 g/mol. The molecule has 0 radical (unpaired) electrons. The molecule has 0 saturated carbocycles. The van der Waals surface area contributed by atoms with Crippen LogP contribution in [-0.4, -0.2) is 17.1 Å². The van der Waals surface area contributed by atoms with Crippen molar-refractivity contribution in [2.75, 3.05) is 6.61 Å². The minimum Gasteiger partial charge on any atom is -0.492 e. The van der Waals surface area contributed by atoms with E-state index in [0.717, 1.165) is 22.4 Å². The fourth-order valence-corrected chi connectivity index (χ4v) is 3.13. The molecule has 1 aromatic carbocycles. The van der Waals surface area contributed by atoms with Gasteiger partial charge in [0.15, 0.2) is 4.80 Å². The minimum atomic E-state index is -0.118. The van der Waals surface area contributed by atoms with Crippen LogP contribution >= 0.6 is 11.3 Å². The van der Waals surface area contributed by atoms with Crippen LogP contribution in [0.1, 0.15) is 26.7 Å². The van der Waals surface area contributed by atoms with E-state index >= 15 is 0 Å². The van der Waals surface area contributed by atoms with Crippen LogP contribution in [0.4, 0.5) is 0 Å². The zero-order valence-corrected chi connectivity index (χ0v) is 13.1. The van der Waals surface area contributed by atoms with Crippen molar-refractivity contribution in [3.63, 3.8) is 0 Å². The Morgan fingerprint density at radius 3 is 2.95 bits per heavy atom. The molecule has 2 rings (SSSR count). The van der Waals surface area contributed by atoms with Crippen LogP contribution in [0.5, 0.6) is 5.75 Å². The lowest BCUT2D eigenvalue weighted by Crippen LogP contribution is -2.16. The van der Waals surface area contributed by atoms with Gasteiger partial charge in [-0.1, -0.05) is 30.2 Å². The van der Waals surface area contributed by atoms with Gasteiger partial charge in [-0.25, -0.2) is 0 Å². The zero-order chi connectivity index (χ0) is 15.2. The molecule has 0 saturated heterocycles. The number of hydrogen-bond acceptors (Lipinski definition) is 3. The molecule has 0 unspecified atom stereocenters. The van der Waals surface area contributed by atoms with Gasteiger partial charge in [0.1, 0.15) is 11.3 Å². The SMILES string of the molecule is C#CCn1c(=NC(=O)CCC)sc2cccc(OCC)c21. The highest BCUT2D eigenvalue weighted by molar-refractivity contribution is 7.16. The summed E-state index contributed by atoms with van der Waals surface area (Å²) in [5, 5.41) is 0. The second-order valence-corrected chi connectivity index (χ2v) is 5.48. The van der Waals surface area contributed by atoms with Gasteiger partial charge in [0, 0.05) is 6.42 Å². The lowest BCUT2D eigenvalue weighted by atomic mass is 10.3. The van der Waals surface area contributed by atoms with Gasteiger partial charge in [-0.3, -0.25) is 4.79 Å². The van der Waals surface area contributed by atoms with Crippen LogP contribution in [0, 0.1) is 12.3 Å². The van der Waals surface area contributed by atoms with Gasteiger partial charge in [0.05, 0.1) is 17.9 Å². The number of amides is 1. The topological polar surface area (TPSA) is 43.6 Å². The number of aromatic nitrogens is 1. The first-order valence-electron chi connectivity index (χ1n) is 6.97. The van der Waals surface area contributed by atoms with E-state index in [-0.39, 0.29) is 5.91 Å². The summed E-state index contributed by atoms with van der Waals surface area (Å²) < 4.78 is 8.55. The third-order valence-electron chi connectivity index (χ3n) is 2.90. The summed E-state index contributed by atoms with van der Waals surface area (Å²) in [6.07, 6.45) is 6.69. The number of benzene rings is 1. The van der Waals surface area contributed by atoms with Crippen LogP contribution in [0.25, 0.3) is 10.2 Å². The van der Waals surface area contributed by atoms with E-state index in [1.807, 2.05) is 36.6 Å². The maximum absolute atomic E-state index is 11.8. The molecule has 0 aliphatic carbocycles. The summed E-state index contributed by atoms with van der Waals surface area (Å²) in [5.41, 5.74) is 0.908. The summed E-state index contributed by atoms with van der Waals surface area (Å²) >= 11 is 1.46. The molecule has 1 amide bonds. The number of thiazole rings is 1. The molecule has 1 heterocycles. The Labute approximate surface area is 128 Å². The molecule has 0 spiro atoms. The number of para-hydroxylation sites is 1. The van der Waals surface area contributed by atoms with E-state index < -0.39 is 0 Å². The maximum Gasteiger partial charge on any atom is 0.248 e. The van der Waals surface area contributed by atoms with Crippen LogP contribution in [0.2, 0.25) is 0 Å². The van der Waals surface area contributed by atoms with Gasteiger partial charge in [0.25, 0.3) is 0 Å². The van der Waals surface area contributed by atoms with Crippen LogP contribution < -0.4 is 9.54 Å². The third-order valence-corrected chi connectivity index (χ3v) is 3.94. The molecule has 1 aromatic heterocycles. The fourth-order valence-electron chi connectivity index (χ4n) is 2.07. The van der Waals surface area contributed by atoms with Crippen LogP contribution in [0.3, 0.4) is 0 Å². The largest absolute Gasteiger partial charge is 0.492 e. The second kappa shape index (κ2) is 7.09. The molecule has 0 bridgehead atoms. The number of rotatable bonds is 5. The highest BCUT2D eigenvalue weighted by atomic mass is 32.1. The van der Waals surface area contributed by atoms with Gasteiger partial charge >= 0.3 is 0 Å². The van der Waals surface area contributed by atoms with Crippen molar-refractivity contribution in [3.8, 4) is 18.1 Å². The summed E-state index contributed by atoms with van der Waals surface area (Å²) in [7, 11) is 0. The van der Waals surface area contributed by atoms with Crippen LogP contribution in [-0.2, 0) is 11.3 Å². The average molecular weight is 302 g/mol. The Balaban J connectivity index is 2.67. The van der Waals surface area contributed by atoms with E-state index in [1.165, 1.54) is 11.3 Å². The third kappa shape index (κ3) is 3.34. The Bertz CT molecular complexity index is 750. The van der Waals surface area contributed by atoms with Gasteiger partial charge in [0.2, 0.25) is 5.91 Å². The van der Waals surface area contributed by atoms with Crippen molar-refractivity contribution in [2.45, 2.75) is 33.2 Å². The number of fused-ring (bicyclic) bond motifs is 1. The lowest BCUT2D eigenvalue weighted by Gasteiger charge is -2.07.